The summed E-state index contributed by atoms with van der Waals surface area (Å²) in [5.74, 6) is 0. The molecule has 3 N–H and O–H groups in total. The van der Waals surface area contributed by atoms with E-state index in [0.29, 0.717) is 5.69 Å². The van der Waals surface area contributed by atoms with Crippen molar-refractivity contribution in [2.75, 3.05) is 5.73 Å². The van der Waals surface area contributed by atoms with Gasteiger partial charge in [0.25, 0.3) is 0 Å². The Balaban J connectivity index is 2.41. The van der Waals surface area contributed by atoms with Gasteiger partial charge in [-0.3, -0.25) is 0 Å². The van der Waals surface area contributed by atoms with Crippen molar-refractivity contribution in [2.24, 2.45) is 0 Å². The second-order valence-electron chi connectivity index (χ2n) is 3.50. The minimum Gasteiger partial charge on any atom is -0.398 e. The van der Waals surface area contributed by atoms with Crippen molar-refractivity contribution in [1.82, 2.24) is 0 Å². The minimum atomic E-state index is -0.605. The van der Waals surface area contributed by atoms with Crippen LogP contribution in [0.2, 0.25) is 0 Å². The van der Waals surface area contributed by atoms with Crippen molar-refractivity contribution in [3.63, 3.8) is 0 Å². The number of hydrogen-bond acceptors (Lipinski definition) is 3. The van der Waals surface area contributed by atoms with Gasteiger partial charge in [-0.2, -0.15) is 0 Å². The van der Waals surface area contributed by atoms with Crippen LogP contribution in [0.25, 0.3) is 0 Å². The third-order valence-electron chi connectivity index (χ3n) is 2.44. The topological polar surface area (TPSA) is 46.2 Å². The van der Waals surface area contributed by atoms with Crippen LogP contribution in [0.4, 0.5) is 5.69 Å². The lowest BCUT2D eigenvalue weighted by Crippen LogP contribution is -2.02. The highest BCUT2D eigenvalue weighted by Crippen LogP contribution is 2.31. The maximum absolute atomic E-state index is 10.2. The fourth-order valence-electron chi connectivity index (χ4n) is 1.57. The summed E-state index contributed by atoms with van der Waals surface area (Å²) in [6.07, 6.45) is -0.605. The van der Waals surface area contributed by atoms with E-state index in [1.807, 2.05) is 42.6 Å². The molecular formula is C12H13NOS. The predicted octanol–water partition coefficient (Wildman–Crippen LogP) is 2.72. The largest absolute Gasteiger partial charge is 0.398 e. The minimum absolute atomic E-state index is 0.605. The Bertz CT molecular complexity index is 464. The van der Waals surface area contributed by atoms with Crippen LogP contribution in [0.15, 0.2) is 35.7 Å². The number of aliphatic hydroxyl groups is 1. The van der Waals surface area contributed by atoms with Crippen LogP contribution in [-0.4, -0.2) is 5.11 Å². The first-order chi connectivity index (χ1) is 7.20. The van der Waals surface area contributed by atoms with Crippen LogP contribution in [0.1, 0.15) is 22.1 Å². The molecule has 0 saturated carbocycles. The number of nitrogen functional groups attached to an aromatic ring is 1. The molecule has 0 saturated heterocycles. The number of aryl methyl sites for hydroxylation is 1. The van der Waals surface area contributed by atoms with Crippen molar-refractivity contribution in [1.29, 1.82) is 0 Å². The van der Waals surface area contributed by atoms with Crippen LogP contribution in [-0.2, 0) is 0 Å². The van der Waals surface area contributed by atoms with E-state index in [2.05, 4.69) is 0 Å². The molecule has 2 rings (SSSR count). The summed E-state index contributed by atoms with van der Waals surface area (Å²) in [6.45, 7) is 1.99. The molecule has 0 aliphatic rings. The summed E-state index contributed by atoms with van der Waals surface area (Å²) in [4.78, 5) is 0.966. The summed E-state index contributed by atoms with van der Waals surface area (Å²) in [7, 11) is 0. The van der Waals surface area contributed by atoms with Crippen molar-refractivity contribution in [3.8, 4) is 0 Å². The van der Waals surface area contributed by atoms with Gasteiger partial charge in [-0.1, -0.05) is 18.2 Å². The Hall–Kier alpha value is -1.32. The Kier molecular flexibility index (Phi) is 2.75. The van der Waals surface area contributed by atoms with Crippen LogP contribution >= 0.6 is 11.3 Å². The number of thiophene rings is 1. The summed E-state index contributed by atoms with van der Waals surface area (Å²) in [5, 5.41) is 12.2. The van der Waals surface area contributed by atoms with Gasteiger partial charge < -0.3 is 10.8 Å². The molecule has 2 aromatic rings. The molecule has 0 aliphatic carbocycles. The molecule has 78 valence electrons. The highest BCUT2D eigenvalue weighted by atomic mass is 32.1. The molecule has 0 aliphatic heterocycles. The Morgan fingerprint density at radius 1 is 1.27 bits per heavy atom. The van der Waals surface area contributed by atoms with Gasteiger partial charge in [0, 0.05) is 16.1 Å². The molecular weight excluding hydrogens is 206 g/mol. The number of hydrogen-bond donors (Lipinski definition) is 2. The van der Waals surface area contributed by atoms with Gasteiger partial charge in [0.2, 0.25) is 0 Å². The summed E-state index contributed by atoms with van der Waals surface area (Å²) >= 11 is 1.56. The Labute approximate surface area is 93.0 Å². The van der Waals surface area contributed by atoms with E-state index in [-0.39, 0.29) is 0 Å². The van der Waals surface area contributed by atoms with Gasteiger partial charge in [0.15, 0.2) is 0 Å². The van der Waals surface area contributed by atoms with E-state index in [1.165, 1.54) is 0 Å². The summed E-state index contributed by atoms with van der Waals surface area (Å²) in [6, 6.07) is 9.42. The van der Waals surface area contributed by atoms with Crippen molar-refractivity contribution in [2.45, 2.75) is 13.0 Å². The molecule has 15 heavy (non-hydrogen) atoms. The zero-order chi connectivity index (χ0) is 10.8. The number of aliphatic hydroxyl groups excluding tert-OH is 1. The highest BCUT2D eigenvalue weighted by Gasteiger charge is 2.15. The zero-order valence-electron chi connectivity index (χ0n) is 8.47. The lowest BCUT2D eigenvalue weighted by Gasteiger charge is -2.12. The quantitative estimate of drug-likeness (QED) is 0.763. The van der Waals surface area contributed by atoms with Crippen LogP contribution < -0.4 is 5.73 Å². The number of benzene rings is 1. The van der Waals surface area contributed by atoms with E-state index < -0.39 is 6.10 Å². The first-order valence-electron chi connectivity index (χ1n) is 4.76. The maximum Gasteiger partial charge on any atom is 0.115 e. The van der Waals surface area contributed by atoms with Gasteiger partial charge in [-0.05, 0) is 30.0 Å². The average Bonchev–Trinajstić information content (AvgIpc) is 2.64. The molecule has 0 bridgehead atoms. The maximum atomic E-state index is 10.2. The molecule has 0 radical (unpaired) electrons. The van der Waals surface area contributed by atoms with Crippen molar-refractivity contribution < 1.29 is 5.11 Å². The normalized spacial score (nSPS) is 12.7. The SMILES string of the molecule is Cc1ccsc1C(O)c1ccccc1N. The van der Waals surface area contributed by atoms with Gasteiger partial charge in [-0.25, -0.2) is 0 Å². The molecule has 1 atom stereocenters. The fourth-order valence-corrected chi connectivity index (χ4v) is 2.49. The van der Waals surface area contributed by atoms with Crippen molar-refractivity contribution in [3.05, 3.63) is 51.7 Å². The van der Waals surface area contributed by atoms with Crippen molar-refractivity contribution >= 4 is 17.0 Å². The molecule has 0 amide bonds. The number of nitrogens with two attached hydrogens (primary N) is 1. The van der Waals surface area contributed by atoms with E-state index in [0.717, 1.165) is 16.0 Å². The first-order valence-corrected chi connectivity index (χ1v) is 5.64. The monoisotopic (exact) mass is 219 g/mol. The van der Waals surface area contributed by atoms with E-state index in [4.69, 9.17) is 5.73 Å². The zero-order valence-corrected chi connectivity index (χ0v) is 9.29. The molecule has 1 aromatic carbocycles. The summed E-state index contributed by atoms with van der Waals surface area (Å²) in [5.41, 5.74) is 8.35. The van der Waals surface area contributed by atoms with E-state index in [1.54, 1.807) is 11.3 Å². The van der Waals surface area contributed by atoms with E-state index in [9.17, 15) is 5.11 Å². The van der Waals surface area contributed by atoms with Gasteiger partial charge in [0.1, 0.15) is 6.10 Å². The molecule has 1 heterocycles. The second kappa shape index (κ2) is 4.04. The highest BCUT2D eigenvalue weighted by molar-refractivity contribution is 7.10. The summed E-state index contributed by atoms with van der Waals surface area (Å²) < 4.78 is 0. The standard InChI is InChI=1S/C12H13NOS/c1-8-6-7-15-12(8)11(14)9-4-2-3-5-10(9)13/h2-7,11,14H,13H2,1H3. The van der Waals surface area contributed by atoms with Gasteiger partial charge in [0.05, 0.1) is 0 Å². The molecule has 1 aromatic heterocycles. The molecule has 3 heteroatoms. The van der Waals surface area contributed by atoms with Gasteiger partial charge in [-0.15, -0.1) is 11.3 Å². The Morgan fingerprint density at radius 2 is 2.00 bits per heavy atom. The van der Waals surface area contributed by atoms with Gasteiger partial charge >= 0.3 is 0 Å². The molecule has 0 spiro atoms. The number of rotatable bonds is 2. The molecule has 1 unspecified atom stereocenters. The smallest absolute Gasteiger partial charge is 0.115 e. The van der Waals surface area contributed by atoms with Crippen LogP contribution in [0.3, 0.4) is 0 Å². The number of anilines is 1. The van der Waals surface area contributed by atoms with Crippen LogP contribution in [0.5, 0.6) is 0 Å². The lowest BCUT2D eigenvalue weighted by molar-refractivity contribution is 0.224. The van der Waals surface area contributed by atoms with E-state index >= 15 is 0 Å². The lowest BCUT2D eigenvalue weighted by atomic mass is 10.0. The van der Waals surface area contributed by atoms with Crippen LogP contribution in [0, 0.1) is 6.92 Å². The third-order valence-corrected chi connectivity index (χ3v) is 3.51. The first kappa shape index (κ1) is 10.2. The second-order valence-corrected chi connectivity index (χ2v) is 4.45. The fraction of sp³-hybridized carbons (Fsp3) is 0.167. The average molecular weight is 219 g/mol. The predicted molar refractivity (Wildman–Crippen MR) is 64.0 cm³/mol. The Morgan fingerprint density at radius 3 is 2.60 bits per heavy atom. The molecule has 0 fully saturated rings. The third kappa shape index (κ3) is 1.89. The molecule has 2 nitrogen and oxygen atoms in total. The number of para-hydroxylation sites is 1.